The Labute approximate surface area is 133 Å². The van der Waals surface area contributed by atoms with Crippen molar-refractivity contribution in [2.45, 2.75) is 25.6 Å². The molecule has 0 aliphatic heterocycles. The Morgan fingerprint density at radius 1 is 1.05 bits per heavy atom. The normalized spacial score (nSPS) is 12.7. The summed E-state index contributed by atoms with van der Waals surface area (Å²) in [7, 11) is 0. The van der Waals surface area contributed by atoms with Gasteiger partial charge in [-0.25, -0.2) is 4.39 Å². The third kappa shape index (κ3) is 3.83. The largest absolute Gasteiger partial charge is 0.206 e. The standard InChI is InChI=1S/C17H17BrClF/c1-11(2)9-12-3-5-13(6-4-12)17(19)14-7-8-16(20)15(18)10-14/h3-8,10-11,17H,9H2,1-2H3. The molecular formula is C17H17BrClF. The zero-order chi connectivity index (χ0) is 14.7. The minimum Gasteiger partial charge on any atom is -0.206 e. The van der Waals surface area contributed by atoms with E-state index in [1.54, 1.807) is 12.1 Å². The summed E-state index contributed by atoms with van der Waals surface area (Å²) in [5.74, 6) is 0.366. The second-order valence-corrected chi connectivity index (χ2v) is 6.67. The van der Waals surface area contributed by atoms with Crippen LogP contribution in [0.4, 0.5) is 4.39 Å². The molecule has 0 nitrogen and oxygen atoms in total. The SMILES string of the molecule is CC(C)Cc1ccc(C(Cl)c2ccc(F)c(Br)c2)cc1. The van der Waals surface area contributed by atoms with E-state index in [-0.39, 0.29) is 11.2 Å². The number of hydrogen-bond donors (Lipinski definition) is 0. The number of alkyl halides is 1. The smallest absolute Gasteiger partial charge is 0.137 e. The van der Waals surface area contributed by atoms with E-state index in [1.165, 1.54) is 11.6 Å². The van der Waals surface area contributed by atoms with Crippen molar-refractivity contribution in [3.05, 3.63) is 69.4 Å². The maximum absolute atomic E-state index is 13.2. The number of halogens is 3. The summed E-state index contributed by atoms with van der Waals surface area (Å²) in [5.41, 5.74) is 3.22. The van der Waals surface area contributed by atoms with Gasteiger partial charge in [-0.15, -0.1) is 11.6 Å². The summed E-state index contributed by atoms with van der Waals surface area (Å²) < 4.78 is 13.7. The van der Waals surface area contributed by atoms with Gasteiger partial charge in [0.1, 0.15) is 5.82 Å². The van der Waals surface area contributed by atoms with Gasteiger partial charge in [-0.1, -0.05) is 44.2 Å². The van der Waals surface area contributed by atoms with Gasteiger partial charge in [0.2, 0.25) is 0 Å². The minimum absolute atomic E-state index is 0.264. The molecule has 0 aliphatic carbocycles. The Morgan fingerprint density at radius 3 is 2.20 bits per heavy atom. The van der Waals surface area contributed by atoms with E-state index >= 15 is 0 Å². The highest BCUT2D eigenvalue weighted by Gasteiger charge is 2.12. The van der Waals surface area contributed by atoms with Crippen LogP contribution >= 0.6 is 27.5 Å². The summed E-state index contributed by atoms with van der Waals surface area (Å²) in [6, 6.07) is 13.2. The third-order valence-corrected chi connectivity index (χ3v) is 4.26. The van der Waals surface area contributed by atoms with Crippen LogP contribution in [-0.4, -0.2) is 0 Å². The van der Waals surface area contributed by atoms with Crippen molar-refractivity contribution in [3.8, 4) is 0 Å². The Balaban J connectivity index is 2.20. The summed E-state index contributed by atoms with van der Waals surface area (Å²) in [5, 5.41) is -0.264. The lowest BCUT2D eigenvalue weighted by Crippen LogP contribution is -1.97. The highest BCUT2D eigenvalue weighted by molar-refractivity contribution is 9.10. The van der Waals surface area contributed by atoms with Gasteiger partial charge in [-0.05, 0) is 57.1 Å². The molecule has 0 spiro atoms. The average molecular weight is 356 g/mol. The van der Waals surface area contributed by atoms with Crippen molar-refractivity contribution in [2.24, 2.45) is 5.92 Å². The lowest BCUT2D eigenvalue weighted by Gasteiger charge is -2.12. The molecule has 0 bridgehead atoms. The predicted octanol–water partition coefficient (Wildman–Crippen LogP) is 6.11. The fraction of sp³-hybridized carbons (Fsp3) is 0.294. The molecule has 2 aromatic rings. The maximum Gasteiger partial charge on any atom is 0.137 e. The second kappa shape index (κ2) is 6.73. The molecule has 3 heteroatoms. The summed E-state index contributed by atoms with van der Waals surface area (Å²) in [4.78, 5) is 0. The molecule has 0 saturated carbocycles. The van der Waals surface area contributed by atoms with Crippen LogP contribution < -0.4 is 0 Å². The van der Waals surface area contributed by atoms with E-state index in [9.17, 15) is 4.39 Å². The van der Waals surface area contributed by atoms with Crippen molar-refractivity contribution < 1.29 is 4.39 Å². The number of rotatable bonds is 4. The van der Waals surface area contributed by atoms with E-state index in [4.69, 9.17) is 11.6 Å². The summed E-state index contributed by atoms with van der Waals surface area (Å²) in [6.45, 7) is 4.41. The van der Waals surface area contributed by atoms with Crippen LogP contribution in [-0.2, 0) is 6.42 Å². The van der Waals surface area contributed by atoms with E-state index < -0.39 is 0 Å². The first-order chi connectivity index (χ1) is 9.47. The van der Waals surface area contributed by atoms with E-state index in [1.807, 2.05) is 12.1 Å². The Morgan fingerprint density at radius 2 is 1.65 bits per heavy atom. The van der Waals surface area contributed by atoms with Crippen molar-refractivity contribution >= 4 is 27.5 Å². The second-order valence-electron chi connectivity index (χ2n) is 5.38. The zero-order valence-electron chi connectivity index (χ0n) is 11.5. The van der Waals surface area contributed by atoms with Gasteiger partial charge in [-0.2, -0.15) is 0 Å². The van der Waals surface area contributed by atoms with Crippen LogP contribution in [0.2, 0.25) is 0 Å². The fourth-order valence-electron chi connectivity index (χ4n) is 2.16. The van der Waals surface area contributed by atoms with Gasteiger partial charge in [0, 0.05) is 0 Å². The molecule has 0 saturated heterocycles. The summed E-state index contributed by atoms with van der Waals surface area (Å²) in [6.07, 6.45) is 1.06. The molecular weight excluding hydrogens is 339 g/mol. The first-order valence-electron chi connectivity index (χ1n) is 6.65. The quantitative estimate of drug-likeness (QED) is 0.580. The lowest BCUT2D eigenvalue weighted by molar-refractivity contribution is 0.620. The molecule has 0 amide bonds. The zero-order valence-corrected chi connectivity index (χ0v) is 13.9. The Kier molecular flexibility index (Phi) is 5.22. The molecule has 0 N–H and O–H groups in total. The monoisotopic (exact) mass is 354 g/mol. The van der Waals surface area contributed by atoms with E-state index in [0.29, 0.717) is 10.4 Å². The lowest BCUT2D eigenvalue weighted by atomic mass is 9.99. The highest BCUT2D eigenvalue weighted by atomic mass is 79.9. The van der Waals surface area contributed by atoms with Gasteiger partial charge >= 0.3 is 0 Å². The average Bonchev–Trinajstić information content (AvgIpc) is 2.41. The predicted molar refractivity (Wildman–Crippen MR) is 86.8 cm³/mol. The van der Waals surface area contributed by atoms with Gasteiger partial charge in [-0.3, -0.25) is 0 Å². The van der Waals surface area contributed by atoms with Crippen LogP contribution in [0.15, 0.2) is 46.9 Å². The van der Waals surface area contributed by atoms with E-state index in [0.717, 1.165) is 17.5 Å². The molecule has 0 aliphatic rings. The molecule has 1 unspecified atom stereocenters. The fourth-order valence-corrected chi connectivity index (χ4v) is 2.83. The maximum atomic E-state index is 13.2. The van der Waals surface area contributed by atoms with Gasteiger partial charge < -0.3 is 0 Å². The third-order valence-electron chi connectivity index (χ3n) is 3.15. The number of benzene rings is 2. The Hall–Kier alpha value is -0.860. The van der Waals surface area contributed by atoms with Crippen molar-refractivity contribution in [3.63, 3.8) is 0 Å². The summed E-state index contributed by atoms with van der Waals surface area (Å²) >= 11 is 9.66. The van der Waals surface area contributed by atoms with Crippen molar-refractivity contribution in [1.29, 1.82) is 0 Å². The first kappa shape index (κ1) is 15.5. The van der Waals surface area contributed by atoms with Crippen LogP contribution in [0.25, 0.3) is 0 Å². The molecule has 106 valence electrons. The first-order valence-corrected chi connectivity index (χ1v) is 7.88. The molecule has 0 heterocycles. The molecule has 1 atom stereocenters. The van der Waals surface area contributed by atoms with E-state index in [2.05, 4.69) is 41.9 Å². The minimum atomic E-state index is -0.273. The molecule has 20 heavy (non-hydrogen) atoms. The topological polar surface area (TPSA) is 0 Å². The highest BCUT2D eigenvalue weighted by Crippen LogP contribution is 2.31. The van der Waals surface area contributed by atoms with Gasteiger partial charge in [0.15, 0.2) is 0 Å². The van der Waals surface area contributed by atoms with Crippen LogP contribution in [0, 0.1) is 11.7 Å². The van der Waals surface area contributed by atoms with Crippen molar-refractivity contribution in [2.75, 3.05) is 0 Å². The molecule has 0 fully saturated rings. The molecule has 0 aromatic heterocycles. The molecule has 2 aromatic carbocycles. The van der Waals surface area contributed by atoms with Crippen molar-refractivity contribution in [1.82, 2.24) is 0 Å². The van der Waals surface area contributed by atoms with Crippen LogP contribution in [0.1, 0.15) is 35.9 Å². The Bertz CT molecular complexity index is 578. The van der Waals surface area contributed by atoms with Crippen LogP contribution in [0.5, 0.6) is 0 Å². The number of hydrogen-bond acceptors (Lipinski definition) is 0. The van der Waals surface area contributed by atoms with Gasteiger partial charge in [0.05, 0.1) is 9.85 Å². The molecule has 0 radical (unpaired) electrons. The van der Waals surface area contributed by atoms with Crippen LogP contribution in [0.3, 0.4) is 0 Å². The molecule has 2 rings (SSSR count). The van der Waals surface area contributed by atoms with Gasteiger partial charge in [0.25, 0.3) is 0 Å².